The minimum Gasteiger partial charge on any atom is -0.374 e. The smallest absolute Gasteiger partial charge is 0.218 e. The molecular formula is C13H17N3O3S. The molecule has 0 aromatic heterocycles. The van der Waals surface area contributed by atoms with Gasteiger partial charge in [-0.2, -0.15) is 9.57 Å². The number of nitriles is 1. The van der Waals surface area contributed by atoms with Crippen LogP contribution >= 0.6 is 0 Å². The molecule has 2 rings (SSSR count). The quantitative estimate of drug-likeness (QED) is 0.846. The van der Waals surface area contributed by atoms with Gasteiger partial charge in [-0.3, -0.25) is 0 Å². The SMILES string of the molecule is N#Cc1cccc(CS(=O)(=O)N2CCO[C@@H](CN)C2)c1. The lowest BCUT2D eigenvalue weighted by molar-refractivity contribution is 0.00446. The Hall–Kier alpha value is -1.46. The number of nitrogens with zero attached hydrogens (tertiary/aromatic N) is 2. The number of nitrogens with two attached hydrogens (primary N) is 1. The van der Waals surface area contributed by atoms with Gasteiger partial charge in [0.1, 0.15) is 0 Å². The molecule has 1 aromatic carbocycles. The average Bonchev–Trinajstić information content (AvgIpc) is 2.47. The van der Waals surface area contributed by atoms with E-state index in [1.165, 1.54) is 4.31 Å². The van der Waals surface area contributed by atoms with Crippen LogP contribution in [0, 0.1) is 11.3 Å². The van der Waals surface area contributed by atoms with Gasteiger partial charge < -0.3 is 10.5 Å². The van der Waals surface area contributed by atoms with Crippen molar-refractivity contribution >= 4 is 10.0 Å². The lowest BCUT2D eigenvalue weighted by Crippen LogP contribution is -2.48. The van der Waals surface area contributed by atoms with Gasteiger partial charge >= 0.3 is 0 Å². The first-order valence-corrected chi connectivity index (χ1v) is 7.94. The molecule has 0 bridgehead atoms. The van der Waals surface area contributed by atoms with E-state index in [2.05, 4.69) is 0 Å². The highest BCUT2D eigenvalue weighted by atomic mass is 32.2. The molecule has 0 radical (unpaired) electrons. The number of hydrogen-bond acceptors (Lipinski definition) is 5. The van der Waals surface area contributed by atoms with Crippen molar-refractivity contribution in [3.63, 3.8) is 0 Å². The lowest BCUT2D eigenvalue weighted by Gasteiger charge is -2.31. The van der Waals surface area contributed by atoms with E-state index in [1.54, 1.807) is 24.3 Å². The van der Waals surface area contributed by atoms with Gasteiger partial charge in [0.15, 0.2) is 0 Å². The number of sulfonamides is 1. The zero-order chi connectivity index (χ0) is 14.6. The maximum atomic E-state index is 12.4. The Morgan fingerprint density at radius 2 is 2.30 bits per heavy atom. The van der Waals surface area contributed by atoms with Gasteiger partial charge in [0.05, 0.1) is 30.1 Å². The molecule has 20 heavy (non-hydrogen) atoms. The Balaban J connectivity index is 2.12. The minimum absolute atomic E-state index is 0.111. The van der Waals surface area contributed by atoms with Crippen LogP contribution in [0.1, 0.15) is 11.1 Å². The van der Waals surface area contributed by atoms with Crippen LogP contribution in [0.2, 0.25) is 0 Å². The van der Waals surface area contributed by atoms with Crippen LogP contribution < -0.4 is 5.73 Å². The summed E-state index contributed by atoms with van der Waals surface area (Å²) in [4.78, 5) is 0. The summed E-state index contributed by atoms with van der Waals surface area (Å²) in [6.07, 6.45) is -0.246. The third-order valence-corrected chi connectivity index (χ3v) is 4.98. The third-order valence-electron chi connectivity index (χ3n) is 3.16. The van der Waals surface area contributed by atoms with Crippen LogP contribution in [0.25, 0.3) is 0 Å². The van der Waals surface area contributed by atoms with Gasteiger partial charge in [0.2, 0.25) is 10.0 Å². The fourth-order valence-corrected chi connectivity index (χ4v) is 3.65. The molecule has 0 aliphatic carbocycles. The Bertz CT molecular complexity index is 610. The second kappa shape index (κ2) is 6.33. The fourth-order valence-electron chi connectivity index (χ4n) is 2.12. The van der Waals surface area contributed by atoms with Gasteiger partial charge in [-0.05, 0) is 17.7 Å². The fraction of sp³-hybridized carbons (Fsp3) is 0.462. The Kier molecular flexibility index (Phi) is 4.73. The van der Waals surface area contributed by atoms with Gasteiger partial charge in [0.25, 0.3) is 0 Å². The molecule has 1 aromatic rings. The Morgan fingerprint density at radius 1 is 1.50 bits per heavy atom. The molecule has 0 amide bonds. The Morgan fingerprint density at radius 3 is 3.00 bits per heavy atom. The summed E-state index contributed by atoms with van der Waals surface area (Å²) >= 11 is 0. The second-order valence-electron chi connectivity index (χ2n) is 4.65. The predicted molar refractivity (Wildman–Crippen MR) is 74.1 cm³/mol. The van der Waals surface area contributed by atoms with Crippen molar-refractivity contribution in [1.82, 2.24) is 4.31 Å². The number of hydrogen-bond donors (Lipinski definition) is 1. The number of benzene rings is 1. The molecule has 1 heterocycles. The van der Waals surface area contributed by atoms with E-state index in [-0.39, 0.29) is 18.4 Å². The van der Waals surface area contributed by atoms with Crippen LogP contribution in [0.15, 0.2) is 24.3 Å². The minimum atomic E-state index is -3.42. The van der Waals surface area contributed by atoms with Crippen molar-refractivity contribution in [1.29, 1.82) is 5.26 Å². The molecule has 2 N–H and O–H groups in total. The molecule has 6 nitrogen and oxygen atoms in total. The first-order chi connectivity index (χ1) is 9.55. The summed E-state index contributed by atoms with van der Waals surface area (Å²) in [5.41, 5.74) is 6.59. The van der Waals surface area contributed by atoms with E-state index in [0.717, 1.165) is 0 Å². The van der Waals surface area contributed by atoms with E-state index in [9.17, 15) is 8.42 Å². The largest absolute Gasteiger partial charge is 0.374 e. The molecule has 0 spiro atoms. The maximum absolute atomic E-state index is 12.4. The first-order valence-electron chi connectivity index (χ1n) is 6.33. The average molecular weight is 295 g/mol. The van der Waals surface area contributed by atoms with E-state index >= 15 is 0 Å². The Labute approximate surface area is 118 Å². The molecule has 108 valence electrons. The highest BCUT2D eigenvalue weighted by molar-refractivity contribution is 7.88. The second-order valence-corrected chi connectivity index (χ2v) is 6.62. The first kappa shape index (κ1) is 14.9. The molecule has 1 atom stereocenters. The standard InChI is InChI=1S/C13H17N3O3S/c14-7-11-2-1-3-12(6-11)10-20(17,18)16-4-5-19-13(8-15)9-16/h1-3,6,13H,4-5,8-10,15H2/t13-/m0/s1. The van der Waals surface area contributed by atoms with Crippen molar-refractivity contribution in [2.45, 2.75) is 11.9 Å². The van der Waals surface area contributed by atoms with Crippen LogP contribution in [0.4, 0.5) is 0 Å². The zero-order valence-electron chi connectivity index (χ0n) is 11.0. The van der Waals surface area contributed by atoms with Gasteiger partial charge in [-0.15, -0.1) is 0 Å². The summed E-state index contributed by atoms with van der Waals surface area (Å²) in [6.45, 7) is 1.29. The van der Waals surface area contributed by atoms with E-state index in [4.69, 9.17) is 15.7 Å². The monoisotopic (exact) mass is 295 g/mol. The van der Waals surface area contributed by atoms with Crippen molar-refractivity contribution in [3.8, 4) is 6.07 Å². The number of rotatable bonds is 4. The molecule has 1 saturated heterocycles. The molecule has 0 unspecified atom stereocenters. The highest BCUT2D eigenvalue weighted by Crippen LogP contribution is 2.15. The number of morpholine rings is 1. The van der Waals surface area contributed by atoms with E-state index in [0.29, 0.717) is 30.8 Å². The molecule has 7 heteroatoms. The summed E-state index contributed by atoms with van der Waals surface area (Å²) in [7, 11) is -3.42. The normalized spacial score (nSPS) is 20.5. The molecule has 0 saturated carbocycles. The zero-order valence-corrected chi connectivity index (χ0v) is 11.8. The van der Waals surface area contributed by atoms with Gasteiger partial charge in [-0.25, -0.2) is 8.42 Å². The summed E-state index contributed by atoms with van der Waals surface area (Å²) in [5, 5.41) is 8.84. The van der Waals surface area contributed by atoms with Crippen molar-refractivity contribution in [2.24, 2.45) is 5.73 Å². The van der Waals surface area contributed by atoms with Crippen LogP contribution in [-0.4, -0.2) is 45.1 Å². The lowest BCUT2D eigenvalue weighted by atomic mass is 10.2. The van der Waals surface area contributed by atoms with Crippen molar-refractivity contribution in [2.75, 3.05) is 26.2 Å². The van der Waals surface area contributed by atoms with Crippen molar-refractivity contribution < 1.29 is 13.2 Å². The van der Waals surface area contributed by atoms with Crippen LogP contribution in [-0.2, 0) is 20.5 Å². The van der Waals surface area contributed by atoms with Gasteiger partial charge in [0, 0.05) is 19.6 Å². The third kappa shape index (κ3) is 3.55. The predicted octanol–water partition coefficient (Wildman–Crippen LogP) is 0.0476. The molecule has 1 aliphatic heterocycles. The van der Waals surface area contributed by atoms with Gasteiger partial charge in [-0.1, -0.05) is 12.1 Å². The summed E-state index contributed by atoms with van der Waals surface area (Å²) in [6, 6.07) is 8.64. The highest BCUT2D eigenvalue weighted by Gasteiger charge is 2.28. The summed E-state index contributed by atoms with van der Waals surface area (Å²) < 4.78 is 31.5. The van der Waals surface area contributed by atoms with Crippen LogP contribution in [0.5, 0.6) is 0 Å². The molecular weight excluding hydrogens is 278 g/mol. The topological polar surface area (TPSA) is 96.4 Å². The van der Waals surface area contributed by atoms with Crippen molar-refractivity contribution in [3.05, 3.63) is 35.4 Å². The van der Waals surface area contributed by atoms with E-state index in [1.807, 2.05) is 6.07 Å². The van der Waals surface area contributed by atoms with Crippen LogP contribution in [0.3, 0.4) is 0 Å². The summed E-state index contributed by atoms with van der Waals surface area (Å²) in [5.74, 6) is -0.111. The van der Waals surface area contributed by atoms with E-state index < -0.39 is 10.0 Å². The molecule has 1 fully saturated rings. The maximum Gasteiger partial charge on any atom is 0.218 e. The number of ether oxygens (including phenoxy) is 1. The molecule has 1 aliphatic rings.